The number of nitrogens with one attached hydrogen (secondary N) is 1. The first-order valence-electron chi connectivity index (χ1n) is 7.17. The van der Waals surface area contributed by atoms with Gasteiger partial charge in [-0.3, -0.25) is 10.1 Å². The van der Waals surface area contributed by atoms with Gasteiger partial charge >= 0.3 is 0 Å². The molecule has 0 radical (unpaired) electrons. The fourth-order valence-corrected chi connectivity index (χ4v) is 2.31. The Morgan fingerprint density at radius 1 is 1.41 bits per heavy atom. The number of halogens is 1. The highest BCUT2D eigenvalue weighted by molar-refractivity contribution is 5.45. The number of nitrogens with zero attached hydrogens (tertiary/aromatic N) is 4. The Hall–Kier alpha value is -2.57. The van der Waals surface area contributed by atoms with Crippen molar-refractivity contribution in [3.63, 3.8) is 0 Å². The van der Waals surface area contributed by atoms with Crippen molar-refractivity contribution in [2.75, 3.05) is 18.2 Å². The Bertz CT molecular complexity index is 654. The van der Waals surface area contributed by atoms with Gasteiger partial charge in [0.1, 0.15) is 11.6 Å². The number of anilines is 1. The summed E-state index contributed by atoms with van der Waals surface area (Å²) in [6.45, 7) is 5.20. The van der Waals surface area contributed by atoms with Gasteiger partial charge in [-0.1, -0.05) is 0 Å². The zero-order valence-electron chi connectivity index (χ0n) is 12.5. The molecule has 6 nitrogen and oxygen atoms in total. The maximum atomic E-state index is 13.0. The number of aromatic amines is 1. The second-order valence-corrected chi connectivity index (χ2v) is 5.03. The Labute approximate surface area is 128 Å². The summed E-state index contributed by atoms with van der Waals surface area (Å²) in [4.78, 5) is 8.28. The summed E-state index contributed by atoms with van der Waals surface area (Å²) in [7, 11) is 0. The summed E-state index contributed by atoms with van der Waals surface area (Å²) in [6.07, 6.45) is 5.19. The van der Waals surface area contributed by atoms with Gasteiger partial charge in [0.15, 0.2) is 0 Å². The largest absolute Gasteiger partial charge is 0.477 e. The summed E-state index contributed by atoms with van der Waals surface area (Å²) in [5.41, 5.74) is 0.826. The fourth-order valence-electron chi connectivity index (χ4n) is 2.31. The number of H-pyrrole nitrogens is 1. The van der Waals surface area contributed by atoms with Crippen molar-refractivity contribution in [1.82, 2.24) is 20.1 Å². The zero-order valence-corrected chi connectivity index (χ0v) is 12.5. The molecule has 1 aliphatic heterocycles. The molecule has 0 fully saturated rings. The molecular weight excluding hydrogens is 285 g/mol. The smallest absolute Gasteiger partial charge is 0.234 e. The maximum Gasteiger partial charge on any atom is 0.234 e. The lowest BCUT2D eigenvalue weighted by Gasteiger charge is -2.25. The summed E-state index contributed by atoms with van der Waals surface area (Å²) in [6, 6.07) is 5.05. The van der Waals surface area contributed by atoms with Gasteiger partial charge in [0.05, 0.1) is 31.2 Å². The van der Waals surface area contributed by atoms with Gasteiger partial charge in [-0.25, -0.2) is 4.39 Å². The van der Waals surface area contributed by atoms with Crippen LogP contribution >= 0.6 is 0 Å². The highest BCUT2D eigenvalue weighted by Gasteiger charge is 2.22. The van der Waals surface area contributed by atoms with Gasteiger partial charge < -0.3 is 14.5 Å². The number of hydrogen-bond acceptors (Lipinski definition) is 5. The highest BCUT2D eigenvalue weighted by Crippen LogP contribution is 2.26. The summed E-state index contributed by atoms with van der Waals surface area (Å²) >= 11 is 0. The van der Waals surface area contributed by atoms with E-state index in [1.165, 1.54) is 12.3 Å². The predicted molar refractivity (Wildman–Crippen MR) is 80.7 cm³/mol. The van der Waals surface area contributed by atoms with Gasteiger partial charge in [0, 0.05) is 18.5 Å². The molecule has 2 aromatic rings. The topological polar surface area (TPSA) is 57.3 Å². The third-order valence-corrected chi connectivity index (χ3v) is 3.57. The van der Waals surface area contributed by atoms with Gasteiger partial charge in [-0.05, 0) is 26.0 Å². The molecule has 116 valence electrons. The molecule has 22 heavy (non-hydrogen) atoms. The van der Waals surface area contributed by atoms with Crippen LogP contribution in [0.15, 0.2) is 36.8 Å². The quantitative estimate of drug-likeness (QED) is 0.920. The van der Waals surface area contributed by atoms with E-state index in [-0.39, 0.29) is 11.9 Å². The van der Waals surface area contributed by atoms with E-state index < -0.39 is 0 Å². The van der Waals surface area contributed by atoms with Crippen molar-refractivity contribution in [3.05, 3.63) is 48.3 Å². The van der Waals surface area contributed by atoms with E-state index >= 15 is 0 Å². The SMILES string of the molecule is CCOc1cc(N2C=CN([C@@H](C)c3ccc(F)cn3)C2)[nH]n1. The van der Waals surface area contributed by atoms with E-state index in [2.05, 4.69) is 20.1 Å². The average molecular weight is 303 g/mol. The zero-order chi connectivity index (χ0) is 15.5. The minimum absolute atomic E-state index is 0.0520. The second kappa shape index (κ2) is 6.05. The first kappa shape index (κ1) is 14.4. The van der Waals surface area contributed by atoms with Crippen molar-refractivity contribution < 1.29 is 9.13 Å². The minimum Gasteiger partial charge on any atom is -0.477 e. The summed E-state index contributed by atoms with van der Waals surface area (Å²) in [5.74, 6) is 1.12. The van der Waals surface area contributed by atoms with Crippen LogP contribution in [0.5, 0.6) is 5.88 Å². The van der Waals surface area contributed by atoms with Crippen molar-refractivity contribution in [1.29, 1.82) is 0 Å². The van der Waals surface area contributed by atoms with E-state index in [1.807, 2.05) is 37.2 Å². The van der Waals surface area contributed by atoms with Crippen LogP contribution in [0.2, 0.25) is 0 Å². The molecule has 7 heteroatoms. The lowest BCUT2D eigenvalue weighted by Crippen LogP contribution is -2.28. The van der Waals surface area contributed by atoms with Gasteiger partial charge in [0.2, 0.25) is 5.88 Å². The first-order chi connectivity index (χ1) is 10.7. The van der Waals surface area contributed by atoms with Crippen molar-refractivity contribution in [2.24, 2.45) is 0 Å². The molecule has 0 aromatic carbocycles. The molecular formula is C15H18FN5O. The Balaban J connectivity index is 1.66. The minimum atomic E-state index is -0.324. The van der Waals surface area contributed by atoms with Crippen molar-refractivity contribution >= 4 is 5.82 Å². The molecule has 2 aromatic heterocycles. The fraction of sp³-hybridized carbons (Fsp3) is 0.333. The van der Waals surface area contributed by atoms with Crippen LogP contribution in [0.4, 0.5) is 10.2 Å². The van der Waals surface area contributed by atoms with Crippen LogP contribution in [0.1, 0.15) is 25.6 Å². The average Bonchev–Trinajstić information content (AvgIpc) is 3.16. The Morgan fingerprint density at radius 2 is 2.27 bits per heavy atom. The summed E-state index contributed by atoms with van der Waals surface area (Å²) in [5, 5.41) is 7.04. The van der Waals surface area contributed by atoms with Crippen molar-refractivity contribution in [2.45, 2.75) is 19.9 Å². The molecule has 3 rings (SSSR count). The van der Waals surface area contributed by atoms with E-state index in [9.17, 15) is 4.39 Å². The monoisotopic (exact) mass is 303 g/mol. The van der Waals surface area contributed by atoms with E-state index in [1.54, 1.807) is 6.07 Å². The highest BCUT2D eigenvalue weighted by atomic mass is 19.1. The lowest BCUT2D eigenvalue weighted by atomic mass is 10.2. The number of aromatic nitrogens is 3. The molecule has 0 saturated heterocycles. The van der Waals surface area contributed by atoms with Crippen LogP contribution < -0.4 is 9.64 Å². The number of ether oxygens (including phenoxy) is 1. The molecule has 0 aliphatic carbocycles. The molecule has 3 heterocycles. The first-order valence-corrected chi connectivity index (χ1v) is 7.17. The van der Waals surface area contributed by atoms with Gasteiger partial charge in [-0.15, -0.1) is 5.10 Å². The molecule has 1 atom stereocenters. The van der Waals surface area contributed by atoms with E-state index in [0.29, 0.717) is 19.2 Å². The standard InChI is InChI=1S/C15H18FN5O/c1-3-22-15-8-14(18-19-15)21-7-6-20(10-21)11(2)13-5-4-12(16)9-17-13/h4-9,11H,3,10H2,1-2H3,(H,18,19)/t11-/m0/s1. The van der Waals surface area contributed by atoms with Gasteiger partial charge in [-0.2, -0.15) is 0 Å². The molecule has 0 saturated carbocycles. The van der Waals surface area contributed by atoms with Crippen LogP contribution in [0.3, 0.4) is 0 Å². The van der Waals surface area contributed by atoms with Crippen LogP contribution in [-0.4, -0.2) is 33.4 Å². The van der Waals surface area contributed by atoms with Crippen molar-refractivity contribution in [3.8, 4) is 5.88 Å². The van der Waals surface area contributed by atoms with Crippen LogP contribution in [0.25, 0.3) is 0 Å². The number of pyridine rings is 1. The molecule has 0 spiro atoms. The third kappa shape index (κ3) is 2.88. The molecule has 0 bridgehead atoms. The van der Waals surface area contributed by atoms with Crippen LogP contribution in [-0.2, 0) is 0 Å². The second-order valence-electron chi connectivity index (χ2n) is 5.03. The lowest BCUT2D eigenvalue weighted by molar-refractivity contribution is 0.316. The van der Waals surface area contributed by atoms with E-state index in [0.717, 1.165) is 11.5 Å². The van der Waals surface area contributed by atoms with Gasteiger partial charge in [0.25, 0.3) is 0 Å². The third-order valence-electron chi connectivity index (χ3n) is 3.57. The number of hydrogen-bond donors (Lipinski definition) is 1. The molecule has 0 unspecified atom stereocenters. The maximum absolute atomic E-state index is 13.0. The normalized spacial score (nSPS) is 15.4. The number of rotatable bonds is 5. The molecule has 0 amide bonds. The van der Waals surface area contributed by atoms with Crippen LogP contribution in [0, 0.1) is 5.82 Å². The predicted octanol–water partition coefficient (Wildman–Crippen LogP) is 2.65. The Morgan fingerprint density at radius 3 is 3.00 bits per heavy atom. The molecule has 1 aliphatic rings. The molecule has 1 N–H and O–H groups in total. The van der Waals surface area contributed by atoms with E-state index in [4.69, 9.17) is 4.74 Å². The summed E-state index contributed by atoms with van der Waals surface area (Å²) < 4.78 is 18.3. The Kier molecular flexibility index (Phi) is 3.95.